The van der Waals surface area contributed by atoms with E-state index in [1.807, 2.05) is 31.2 Å². The van der Waals surface area contributed by atoms with E-state index in [0.717, 1.165) is 11.3 Å². The lowest BCUT2D eigenvalue weighted by Crippen LogP contribution is -2.13. The van der Waals surface area contributed by atoms with Crippen LogP contribution < -0.4 is 10.6 Å². The van der Waals surface area contributed by atoms with Crippen LogP contribution in [0.5, 0.6) is 0 Å². The Bertz CT molecular complexity index is 913. The molecule has 0 aliphatic heterocycles. The average Bonchev–Trinajstić information content (AvgIpc) is 2.59. The normalized spacial score (nSPS) is 10.4. The predicted octanol–water partition coefficient (Wildman–Crippen LogP) is 5.09. The fraction of sp³-hybridized carbons (Fsp3) is 0.0556. The number of hydrogen-bond donors (Lipinski definition) is 2. The molecule has 1 heterocycles. The minimum atomic E-state index is -0.280. The number of aryl methyl sites for hydroxylation is 1. The highest BCUT2D eigenvalue weighted by molar-refractivity contribution is 6.43. The Morgan fingerprint density at radius 3 is 2.48 bits per heavy atom. The third-order valence-corrected chi connectivity index (χ3v) is 4.21. The number of nitrogens with zero attached hydrogens (tertiary/aromatic N) is 2. The summed E-state index contributed by atoms with van der Waals surface area (Å²) in [6, 6.07) is 12.8. The Hall–Kier alpha value is -2.63. The molecule has 2 aromatic carbocycles. The van der Waals surface area contributed by atoms with Crippen molar-refractivity contribution in [1.82, 2.24) is 9.97 Å². The molecule has 2 N–H and O–H groups in total. The fourth-order valence-corrected chi connectivity index (χ4v) is 2.50. The van der Waals surface area contributed by atoms with Gasteiger partial charge in [-0.1, -0.05) is 41.4 Å². The van der Waals surface area contributed by atoms with Crippen molar-refractivity contribution in [3.63, 3.8) is 0 Å². The highest BCUT2D eigenvalue weighted by Gasteiger charge is 2.09. The summed E-state index contributed by atoms with van der Waals surface area (Å²) < 4.78 is 0. The van der Waals surface area contributed by atoms with Crippen LogP contribution in [0.2, 0.25) is 10.0 Å². The molecule has 0 bridgehead atoms. The van der Waals surface area contributed by atoms with Crippen molar-refractivity contribution in [1.29, 1.82) is 0 Å². The number of amides is 1. The van der Waals surface area contributed by atoms with Gasteiger partial charge in [-0.2, -0.15) is 0 Å². The van der Waals surface area contributed by atoms with Crippen molar-refractivity contribution in [2.24, 2.45) is 0 Å². The first kappa shape index (κ1) is 17.2. The Kier molecular flexibility index (Phi) is 5.16. The molecular weight excluding hydrogens is 359 g/mol. The van der Waals surface area contributed by atoms with Gasteiger partial charge in [0.25, 0.3) is 5.91 Å². The van der Waals surface area contributed by atoms with Crippen LogP contribution in [0.1, 0.15) is 15.9 Å². The van der Waals surface area contributed by atoms with Gasteiger partial charge in [-0.25, -0.2) is 9.97 Å². The lowest BCUT2D eigenvalue weighted by Gasteiger charge is -2.09. The van der Waals surface area contributed by atoms with E-state index in [0.29, 0.717) is 27.2 Å². The molecule has 0 atom stereocenters. The van der Waals surface area contributed by atoms with Crippen LogP contribution in [-0.4, -0.2) is 15.9 Å². The summed E-state index contributed by atoms with van der Waals surface area (Å²) in [6.45, 7) is 1.96. The van der Waals surface area contributed by atoms with Crippen LogP contribution in [0.4, 0.5) is 17.3 Å². The van der Waals surface area contributed by atoms with Crippen molar-refractivity contribution in [3.8, 4) is 0 Å². The maximum absolute atomic E-state index is 12.2. The quantitative estimate of drug-likeness (QED) is 0.669. The first-order valence-electron chi connectivity index (χ1n) is 7.44. The van der Waals surface area contributed by atoms with E-state index in [9.17, 15) is 4.79 Å². The van der Waals surface area contributed by atoms with Gasteiger partial charge in [-0.05, 0) is 36.8 Å². The van der Waals surface area contributed by atoms with E-state index < -0.39 is 0 Å². The van der Waals surface area contributed by atoms with Crippen molar-refractivity contribution in [2.45, 2.75) is 6.92 Å². The summed E-state index contributed by atoms with van der Waals surface area (Å²) in [5, 5.41) is 6.59. The van der Waals surface area contributed by atoms with Crippen LogP contribution in [0.15, 0.2) is 54.9 Å². The Labute approximate surface area is 155 Å². The second-order valence-corrected chi connectivity index (χ2v) is 6.13. The standard InChI is InChI=1S/C18H14Cl2N4O/c1-11-4-2-5-13(8-11)23-17(25)12-9-21-18(22-10-12)24-15-7-3-6-14(19)16(15)20/h2-10H,1H3,(H,23,25)(H,21,22,24). The van der Waals surface area contributed by atoms with E-state index in [-0.39, 0.29) is 5.91 Å². The highest BCUT2D eigenvalue weighted by atomic mass is 35.5. The van der Waals surface area contributed by atoms with E-state index in [4.69, 9.17) is 23.2 Å². The summed E-state index contributed by atoms with van der Waals surface area (Å²) in [6.07, 6.45) is 2.89. The zero-order valence-corrected chi connectivity index (χ0v) is 14.8. The molecule has 126 valence electrons. The van der Waals surface area contributed by atoms with E-state index >= 15 is 0 Å². The van der Waals surface area contributed by atoms with Gasteiger partial charge in [-0.3, -0.25) is 4.79 Å². The minimum Gasteiger partial charge on any atom is -0.323 e. The monoisotopic (exact) mass is 372 g/mol. The van der Waals surface area contributed by atoms with Crippen LogP contribution >= 0.6 is 23.2 Å². The zero-order chi connectivity index (χ0) is 17.8. The summed E-state index contributed by atoms with van der Waals surface area (Å²) in [7, 11) is 0. The minimum absolute atomic E-state index is 0.280. The van der Waals surface area contributed by atoms with Gasteiger partial charge in [0.1, 0.15) is 0 Å². The van der Waals surface area contributed by atoms with Crippen molar-refractivity contribution in [3.05, 3.63) is 76.0 Å². The topological polar surface area (TPSA) is 66.9 Å². The van der Waals surface area contributed by atoms with Crippen molar-refractivity contribution >= 4 is 46.4 Å². The zero-order valence-electron chi connectivity index (χ0n) is 13.3. The summed E-state index contributed by atoms with van der Waals surface area (Å²) in [5.74, 6) is 0.0363. The third kappa shape index (κ3) is 4.26. The van der Waals surface area contributed by atoms with Gasteiger partial charge in [0.15, 0.2) is 0 Å². The Morgan fingerprint density at radius 2 is 1.76 bits per heavy atom. The summed E-state index contributed by atoms with van der Waals surface area (Å²) in [5.41, 5.74) is 2.72. The van der Waals surface area contributed by atoms with Crippen LogP contribution in [0.25, 0.3) is 0 Å². The first-order valence-corrected chi connectivity index (χ1v) is 8.19. The molecule has 7 heteroatoms. The Morgan fingerprint density at radius 1 is 1.04 bits per heavy atom. The van der Waals surface area contributed by atoms with Crippen LogP contribution in [0.3, 0.4) is 0 Å². The lowest BCUT2D eigenvalue weighted by atomic mass is 10.2. The number of carbonyl (C=O) groups excluding carboxylic acids is 1. The van der Waals surface area contributed by atoms with E-state index in [2.05, 4.69) is 20.6 Å². The molecule has 25 heavy (non-hydrogen) atoms. The second kappa shape index (κ2) is 7.51. The van der Waals surface area contributed by atoms with Gasteiger partial charge >= 0.3 is 0 Å². The van der Waals surface area contributed by atoms with Gasteiger partial charge in [0.2, 0.25) is 5.95 Å². The number of aromatic nitrogens is 2. The number of nitrogens with one attached hydrogen (secondary N) is 2. The maximum atomic E-state index is 12.2. The van der Waals surface area contributed by atoms with Crippen LogP contribution in [0, 0.1) is 6.92 Å². The molecule has 0 aliphatic rings. The predicted molar refractivity (Wildman–Crippen MR) is 101 cm³/mol. The Balaban J connectivity index is 1.71. The number of benzene rings is 2. The second-order valence-electron chi connectivity index (χ2n) is 5.35. The molecule has 0 saturated heterocycles. The molecule has 0 spiro atoms. The molecule has 1 amide bonds. The molecule has 0 unspecified atom stereocenters. The van der Waals surface area contributed by atoms with Crippen molar-refractivity contribution in [2.75, 3.05) is 10.6 Å². The summed E-state index contributed by atoms with van der Waals surface area (Å²) >= 11 is 12.1. The molecule has 0 saturated carbocycles. The molecule has 1 aromatic heterocycles. The van der Waals surface area contributed by atoms with E-state index in [1.165, 1.54) is 12.4 Å². The third-order valence-electron chi connectivity index (χ3n) is 3.39. The average molecular weight is 373 g/mol. The highest BCUT2D eigenvalue weighted by Crippen LogP contribution is 2.30. The lowest BCUT2D eigenvalue weighted by molar-refractivity contribution is 0.102. The van der Waals surface area contributed by atoms with E-state index in [1.54, 1.807) is 18.2 Å². The number of halogens is 2. The number of hydrogen-bond acceptors (Lipinski definition) is 4. The van der Waals surface area contributed by atoms with Gasteiger partial charge in [0.05, 0.1) is 21.3 Å². The summed E-state index contributed by atoms with van der Waals surface area (Å²) in [4.78, 5) is 20.5. The van der Waals surface area contributed by atoms with Gasteiger partial charge < -0.3 is 10.6 Å². The molecule has 3 rings (SSSR count). The maximum Gasteiger partial charge on any atom is 0.258 e. The van der Waals surface area contributed by atoms with Gasteiger partial charge in [0, 0.05) is 18.1 Å². The smallest absolute Gasteiger partial charge is 0.258 e. The van der Waals surface area contributed by atoms with Gasteiger partial charge in [-0.15, -0.1) is 0 Å². The number of anilines is 3. The molecule has 0 fully saturated rings. The molecular formula is C18H14Cl2N4O. The molecule has 3 aromatic rings. The largest absolute Gasteiger partial charge is 0.323 e. The fourth-order valence-electron chi connectivity index (χ4n) is 2.16. The first-order chi connectivity index (χ1) is 12.0. The van der Waals surface area contributed by atoms with Crippen molar-refractivity contribution < 1.29 is 4.79 Å². The van der Waals surface area contributed by atoms with Crippen LogP contribution in [-0.2, 0) is 0 Å². The molecule has 0 aliphatic carbocycles. The SMILES string of the molecule is Cc1cccc(NC(=O)c2cnc(Nc3cccc(Cl)c3Cl)nc2)c1. The molecule has 5 nitrogen and oxygen atoms in total. The number of rotatable bonds is 4. The number of carbonyl (C=O) groups is 1. The molecule has 0 radical (unpaired) electrons.